The largest absolute Gasteiger partial charge is 0.466 e. The Labute approximate surface area is 126 Å². The second-order valence-electron chi connectivity index (χ2n) is 4.79. The molecule has 0 fully saturated rings. The van der Waals surface area contributed by atoms with Crippen LogP contribution in [0, 0.1) is 0 Å². The molecular weight excluding hydrogens is 288 g/mol. The smallest absolute Gasteiger partial charge is 0.334 e. The van der Waals surface area contributed by atoms with Gasteiger partial charge in [0.2, 0.25) is 0 Å². The minimum atomic E-state index is -3.53. The van der Waals surface area contributed by atoms with Crippen molar-refractivity contribution < 1.29 is 17.9 Å². The molecule has 21 heavy (non-hydrogen) atoms. The molecule has 0 spiro atoms. The monoisotopic (exact) mass is 310 g/mol. The molecular formula is C16H22O4S. The molecule has 116 valence electrons. The van der Waals surface area contributed by atoms with Gasteiger partial charge < -0.3 is 4.74 Å². The number of benzene rings is 1. The highest BCUT2D eigenvalue weighted by Gasteiger charge is 2.21. The minimum Gasteiger partial charge on any atom is -0.466 e. The summed E-state index contributed by atoms with van der Waals surface area (Å²) < 4.78 is 29.3. The van der Waals surface area contributed by atoms with Gasteiger partial charge in [-0.2, -0.15) is 0 Å². The molecule has 0 aliphatic carbocycles. The van der Waals surface area contributed by atoms with Crippen molar-refractivity contribution in [3.63, 3.8) is 0 Å². The number of rotatable bonds is 8. The van der Waals surface area contributed by atoms with E-state index < -0.39 is 15.8 Å². The first kappa shape index (κ1) is 17.4. The van der Waals surface area contributed by atoms with Gasteiger partial charge >= 0.3 is 5.97 Å². The van der Waals surface area contributed by atoms with Crippen LogP contribution < -0.4 is 0 Å². The fourth-order valence-electron chi connectivity index (χ4n) is 1.92. The SMILES string of the molecule is CCCCC/C=C(\CS(=O)(=O)c1ccccc1)C(=O)OC. The summed E-state index contributed by atoms with van der Waals surface area (Å²) in [7, 11) is -2.27. The first-order valence-electron chi connectivity index (χ1n) is 7.06. The van der Waals surface area contributed by atoms with E-state index in [1.165, 1.54) is 19.2 Å². The van der Waals surface area contributed by atoms with Gasteiger partial charge in [0.25, 0.3) is 0 Å². The summed E-state index contributed by atoms with van der Waals surface area (Å²) in [6, 6.07) is 8.13. The van der Waals surface area contributed by atoms with Gasteiger partial charge in [0, 0.05) is 5.57 Å². The molecule has 1 aromatic carbocycles. The average molecular weight is 310 g/mol. The predicted molar refractivity (Wildman–Crippen MR) is 82.7 cm³/mol. The molecule has 0 aromatic heterocycles. The van der Waals surface area contributed by atoms with Crippen LogP contribution >= 0.6 is 0 Å². The molecule has 5 heteroatoms. The number of ether oxygens (including phenoxy) is 1. The van der Waals surface area contributed by atoms with Crippen LogP contribution in [0.3, 0.4) is 0 Å². The highest BCUT2D eigenvalue weighted by atomic mass is 32.2. The van der Waals surface area contributed by atoms with Crippen molar-refractivity contribution in [3.05, 3.63) is 42.0 Å². The fraction of sp³-hybridized carbons (Fsp3) is 0.438. The van der Waals surface area contributed by atoms with Gasteiger partial charge in [-0.3, -0.25) is 0 Å². The van der Waals surface area contributed by atoms with Gasteiger partial charge in [-0.15, -0.1) is 0 Å². The Morgan fingerprint density at radius 3 is 2.43 bits per heavy atom. The van der Waals surface area contributed by atoms with Crippen LogP contribution in [0.5, 0.6) is 0 Å². The van der Waals surface area contributed by atoms with Crippen molar-refractivity contribution in [2.45, 2.75) is 37.5 Å². The number of hydrogen-bond donors (Lipinski definition) is 0. The number of esters is 1. The minimum absolute atomic E-state index is 0.206. The lowest BCUT2D eigenvalue weighted by atomic mass is 10.1. The molecule has 0 N–H and O–H groups in total. The van der Waals surface area contributed by atoms with Crippen molar-refractivity contribution in [1.82, 2.24) is 0 Å². The Hall–Kier alpha value is -1.62. The lowest BCUT2D eigenvalue weighted by Crippen LogP contribution is -2.16. The first-order chi connectivity index (χ1) is 10.0. The van der Waals surface area contributed by atoms with E-state index in [9.17, 15) is 13.2 Å². The summed E-state index contributed by atoms with van der Waals surface area (Å²) in [6.07, 6.45) is 5.42. The van der Waals surface area contributed by atoms with E-state index >= 15 is 0 Å². The molecule has 1 rings (SSSR count). The van der Waals surface area contributed by atoms with Crippen molar-refractivity contribution in [2.75, 3.05) is 12.9 Å². The summed E-state index contributed by atoms with van der Waals surface area (Å²) in [5.74, 6) is -0.901. The normalized spacial score (nSPS) is 12.2. The van der Waals surface area contributed by atoms with E-state index in [-0.39, 0.29) is 16.2 Å². The van der Waals surface area contributed by atoms with E-state index in [1.807, 2.05) is 0 Å². The Balaban J connectivity index is 2.88. The highest BCUT2D eigenvalue weighted by molar-refractivity contribution is 7.91. The summed E-state index contributed by atoms with van der Waals surface area (Å²) in [5.41, 5.74) is 0.206. The molecule has 4 nitrogen and oxygen atoms in total. The standard InChI is InChI=1S/C16H22O4S/c1-3-4-5-7-10-14(16(17)20-2)13-21(18,19)15-11-8-6-9-12-15/h6,8-12H,3-5,7,13H2,1-2H3/b14-10+. The number of sulfone groups is 1. The van der Waals surface area contributed by atoms with E-state index in [0.717, 1.165) is 19.3 Å². The first-order valence-corrected chi connectivity index (χ1v) is 8.71. The maximum atomic E-state index is 12.3. The van der Waals surface area contributed by atoms with E-state index in [0.29, 0.717) is 6.42 Å². The van der Waals surface area contributed by atoms with E-state index in [2.05, 4.69) is 11.7 Å². The lowest BCUT2D eigenvalue weighted by molar-refractivity contribution is -0.136. The van der Waals surface area contributed by atoms with Gasteiger partial charge in [0.15, 0.2) is 9.84 Å². The third-order valence-electron chi connectivity index (χ3n) is 3.09. The molecule has 0 saturated carbocycles. The van der Waals surface area contributed by atoms with Crippen LogP contribution in [0.2, 0.25) is 0 Å². The maximum absolute atomic E-state index is 12.3. The molecule has 0 saturated heterocycles. The van der Waals surface area contributed by atoms with Crippen LogP contribution in [0.15, 0.2) is 46.9 Å². The van der Waals surface area contributed by atoms with Crippen LogP contribution in [-0.4, -0.2) is 27.2 Å². The second-order valence-corrected chi connectivity index (χ2v) is 6.78. The van der Waals surface area contributed by atoms with Gasteiger partial charge in [-0.25, -0.2) is 13.2 Å². The fourth-order valence-corrected chi connectivity index (χ4v) is 3.30. The summed E-state index contributed by atoms with van der Waals surface area (Å²) >= 11 is 0. The quantitative estimate of drug-likeness (QED) is 0.420. The number of allylic oxidation sites excluding steroid dienone is 1. The highest BCUT2D eigenvalue weighted by Crippen LogP contribution is 2.15. The lowest BCUT2D eigenvalue weighted by Gasteiger charge is -2.07. The van der Waals surface area contributed by atoms with E-state index in [1.54, 1.807) is 24.3 Å². The van der Waals surface area contributed by atoms with Crippen LogP contribution in [-0.2, 0) is 19.4 Å². The molecule has 0 unspecified atom stereocenters. The second kappa shape index (κ2) is 8.62. The van der Waals surface area contributed by atoms with Gasteiger partial charge in [-0.05, 0) is 25.0 Å². The van der Waals surface area contributed by atoms with Crippen molar-refractivity contribution in [1.29, 1.82) is 0 Å². The zero-order valence-electron chi connectivity index (χ0n) is 12.5. The maximum Gasteiger partial charge on any atom is 0.334 e. The van der Waals surface area contributed by atoms with Crippen LogP contribution in [0.1, 0.15) is 32.6 Å². The number of carbonyl (C=O) groups excluding carboxylic acids is 1. The average Bonchev–Trinajstić information content (AvgIpc) is 2.50. The number of methoxy groups -OCH3 is 1. The molecule has 0 bridgehead atoms. The molecule has 0 atom stereocenters. The van der Waals surface area contributed by atoms with Crippen LogP contribution in [0.4, 0.5) is 0 Å². The molecule has 0 heterocycles. The molecule has 1 aromatic rings. The Morgan fingerprint density at radius 1 is 1.19 bits per heavy atom. The number of carbonyl (C=O) groups is 1. The van der Waals surface area contributed by atoms with Gasteiger partial charge in [0.05, 0.1) is 17.8 Å². The summed E-state index contributed by atoms with van der Waals surface area (Å²) in [5, 5.41) is 0. The Kier molecular flexibility index (Phi) is 7.15. The van der Waals surface area contributed by atoms with Crippen molar-refractivity contribution >= 4 is 15.8 Å². The number of hydrogen-bond acceptors (Lipinski definition) is 4. The molecule has 0 aliphatic rings. The topological polar surface area (TPSA) is 60.4 Å². The zero-order chi connectivity index (χ0) is 15.7. The van der Waals surface area contributed by atoms with Gasteiger partial charge in [0.1, 0.15) is 0 Å². The zero-order valence-corrected chi connectivity index (χ0v) is 13.4. The third-order valence-corrected chi connectivity index (χ3v) is 4.78. The Bertz CT molecular complexity index is 574. The van der Waals surface area contributed by atoms with E-state index in [4.69, 9.17) is 0 Å². The summed E-state index contributed by atoms with van der Waals surface area (Å²) in [6.45, 7) is 2.09. The van der Waals surface area contributed by atoms with Crippen molar-refractivity contribution in [3.8, 4) is 0 Å². The van der Waals surface area contributed by atoms with Crippen LogP contribution in [0.25, 0.3) is 0 Å². The summed E-state index contributed by atoms with van der Waals surface area (Å²) in [4.78, 5) is 11.9. The number of unbranched alkanes of at least 4 members (excludes halogenated alkanes) is 3. The van der Waals surface area contributed by atoms with Gasteiger partial charge in [-0.1, -0.05) is 44.0 Å². The molecule has 0 amide bonds. The predicted octanol–water partition coefficient (Wildman–Crippen LogP) is 3.14. The molecule has 0 radical (unpaired) electrons. The Morgan fingerprint density at radius 2 is 1.86 bits per heavy atom. The molecule has 0 aliphatic heterocycles. The van der Waals surface area contributed by atoms with Crippen molar-refractivity contribution in [2.24, 2.45) is 0 Å². The third kappa shape index (κ3) is 5.71.